The summed E-state index contributed by atoms with van der Waals surface area (Å²) in [6.07, 6.45) is 10.3. The molecule has 3 saturated heterocycles. The highest BCUT2D eigenvalue weighted by atomic mass is 32.1. The lowest BCUT2D eigenvalue weighted by molar-refractivity contribution is 0.0132. The number of carbonyl (C=O) groups is 1. The van der Waals surface area contributed by atoms with Gasteiger partial charge in [0.05, 0.1) is 24.4 Å². The largest absolute Gasteiger partial charge is 0.465 e. The van der Waals surface area contributed by atoms with Gasteiger partial charge in [-0.2, -0.15) is 0 Å². The van der Waals surface area contributed by atoms with Crippen LogP contribution in [0.3, 0.4) is 0 Å². The van der Waals surface area contributed by atoms with E-state index in [9.17, 15) is 4.79 Å². The highest BCUT2D eigenvalue weighted by Crippen LogP contribution is 2.45. The van der Waals surface area contributed by atoms with Crippen LogP contribution < -0.4 is 5.32 Å². The number of fused-ring (bicyclic) bond motifs is 6. The molecule has 4 atom stereocenters. The Morgan fingerprint density at radius 2 is 2.07 bits per heavy atom. The maximum absolute atomic E-state index is 12.2. The van der Waals surface area contributed by atoms with Gasteiger partial charge in [-0.1, -0.05) is 30.2 Å². The van der Waals surface area contributed by atoms with Crippen LogP contribution in [0.25, 0.3) is 0 Å². The van der Waals surface area contributed by atoms with Gasteiger partial charge in [0.1, 0.15) is 0 Å². The van der Waals surface area contributed by atoms with Gasteiger partial charge >= 0.3 is 5.97 Å². The Balaban J connectivity index is 1.39. The van der Waals surface area contributed by atoms with Crippen molar-refractivity contribution in [2.24, 2.45) is 11.8 Å². The molecule has 3 heterocycles. The van der Waals surface area contributed by atoms with Crippen molar-refractivity contribution in [2.45, 2.75) is 50.6 Å². The lowest BCUT2D eigenvalue weighted by Crippen LogP contribution is -2.60. The fourth-order valence-corrected chi connectivity index (χ4v) is 6.58. The number of anilines is 1. The summed E-state index contributed by atoms with van der Waals surface area (Å²) in [5, 5.41) is 4.10. The van der Waals surface area contributed by atoms with Gasteiger partial charge < -0.3 is 15.0 Å². The van der Waals surface area contributed by atoms with E-state index in [4.69, 9.17) is 17.0 Å². The van der Waals surface area contributed by atoms with E-state index in [1.807, 2.05) is 18.2 Å². The van der Waals surface area contributed by atoms with E-state index < -0.39 is 0 Å². The van der Waals surface area contributed by atoms with Crippen LogP contribution in [-0.2, 0) is 4.74 Å². The first-order valence-corrected chi connectivity index (χ1v) is 11.8. The summed E-state index contributed by atoms with van der Waals surface area (Å²) >= 11 is 5.89. The average molecular weight is 426 g/mol. The molecule has 0 saturated carbocycles. The molecule has 5 rings (SSSR count). The Labute approximate surface area is 184 Å². The molecule has 30 heavy (non-hydrogen) atoms. The molecule has 2 bridgehead atoms. The van der Waals surface area contributed by atoms with Crippen molar-refractivity contribution in [2.75, 3.05) is 32.1 Å². The SMILES string of the molecule is COC(=O)c1ccccc1NC(=S)N1CCCC2=C[C@@H]3C[C@H](CN4CCCC[C@H]34)[C@@H]21. The van der Waals surface area contributed by atoms with Crippen LogP contribution >= 0.6 is 12.2 Å². The molecule has 5 nitrogen and oxygen atoms in total. The molecule has 0 aromatic heterocycles. The topological polar surface area (TPSA) is 44.8 Å². The van der Waals surface area contributed by atoms with Crippen LogP contribution in [0.15, 0.2) is 35.9 Å². The number of hydrogen-bond acceptors (Lipinski definition) is 4. The Bertz CT molecular complexity index is 870. The Morgan fingerprint density at radius 1 is 1.20 bits per heavy atom. The van der Waals surface area contributed by atoms with Gasteiger partial charge in [0.15, 0.2) is 5.11 Å². The number of esters is 1. The third-order valence-electron chi connectivity index (χ3n) is 7.49. The van der Waals surface area contributed by atoms with Crippen molar-refractivity contribution in [1.29, 1.82) is 0 Å². The van der Waals surface area contributed by atoms with Gasteiger partial charge in [0.2, 0.25) is 0 Å². The highest BCUT2D eigenvalue weighted by molar-refractivity contribution is 7.80. The van der Waals surface area contributed by atoms with E-state index in [1.165, 1.54) is 52.3 Å². The van der Waals surface area contributed by atoms with Crippen molar-refractivity contribution in [3.63, 3.8) is 0 Å². The number of carbonyl (C=O) groups excluding carboxylic acids is 1. The monoisotopic (exact) mass is 425 g/mol. The zero-order chi connectivity index (χ0) is 20.7. The molecular weight excluding hydrogens is 394 g/mol. The van der Waals surface area contributed by atoms with Gasteiger partial charge in [0.25, 0.3) is 0 Å². The first-order valence-electron chi connectivity index (χ1n) is 11.4. The van der Waals surface area contributed by atoms with Crippen molar-refractivity contribution in [3.8, 4) is 0 Å². The molecule has 4 aliphatic rings. The summed E-state index contributed by atoms with van der Waals surface area (Å²) in [4.78, 5) is 17.3. The van der Waals surface area contributed by atoms with Crippen LogP contribution in [0.2, 0.25) is 0 Å². The van der Waals surface area contributed by atoms with Crippen molar-refractivity contribution >= 4 is 29.0 Å². The van der Waals surface area contributed by atoms with Crippen LogP contribution in [0.4, 0.5) is 5.69 Å². The van der Waals surface area contributed by atoms with Crippen LogP contribution in [0.1, 0.15) is 48.9 Å². The molecule has 3 aliphatic heterocycles. The summed E-state index contributed by atoms with van der Waals surface area (Å²) in [5.74, 6) is 1.01. The molecule has 160 valence electrons. The zero-order valence-electron chi connectivity index (χ0n) is 17.7. The second kappa shape index (κ2) is 8.31. The lowest BCUT2D eigenvalue weighted by atomic mass is 9.68. The molecule has 1 N–H and O–H groups in total. The number of para-hydroxylation sites is 1. The predicted octanol–water partition coefficient (Wildman–Crippen LogP) is 4.07. The summed E-state index contributed by atoms with van der Waals surface area (Å²) in [6.45, 7) is 3.42. The van der Waals surface area contributed by atoms with Gasteiger partial charge in [-0.25, -0.2) is 4.79 Å². The van der Waals surface area contributed by atoms with Gasteiger partial charge in [0, 0.05) is 19.1 Å². The van der Waals surface area contributed by atoms with Crippen molar-refractivity contribution in [3.05, 3.63) is 41.5 Å². The number of thiocarbonyl (C=S) groups is 1. The minimum Gasteiger partial charge on any atom is -0.465 e. The molecule has 1 aromatic carbocycles. The van der Waals surface area contributed by atoms with Crippen molar-refractivity contribution in [1.82, 2.24) is 9.80 Å². The van der Waals surface area contributed by atoms with Gasteiger partial charge in [-0.3, -0.25) is 4.90 Å². The Morgan fingerprint density at radius 3 is 2.93 bits per heavy atom. The maximum atomic E-state index is 12.2. The normalized spacial score (nSPS) is 30.6. The molecular formula is C24H31N3O2S. The first kappa shape index (κ1) is 20.0. The van der Waals surface area contributed by atoms with Crippen LogP contribution in [0.5, 0.6) is 0 Å². The summed E-state index contributed by atoms with van der Waals surface area (Å²) < 4.78 is 4.94. The fourth-order valence-electron chi connectivity index (χ4n) is 6.27. The smallest absolute Gasteiger partial charge is 0.339 e. The number of nitrogens with one attached hydrogen (secondary N) is 1. The third kappa shape index (κ3) is 3.54. The molecule has 0 spiro atoms. The Kier molecular flexibility index (Phi) is 5.54. The first-order chi connectivity index (χ1) is 14.7. The van der Waals surface area contributed by atoms with Crippen molar-refractivity contribution < 1.29 is 9.53 Å². The second-order valence-corrected chi connectivity index (χ2v) is 9.56. The molecule has 1 aromatic rings. The van der Waals surface area contributed by atoms with E-state index in [0.29, 0.717) is 17.5 Å². The number of methoxy groups -OCH3 is 1. The molecule has 0 amide bonds. The fraction of sp³-hybridized carbons (Fsp3) is 0.583. The summed E-state index contributed by atoms with van der Waals surface area (Å²) in [5.41, 5.74) is 2.84. The number of ether oxygens (including phenoxy) is 1. The van der Waals surface area contributed by atoms with E-state index >= 15 is 0 Å². The number of piperidine rings is 3. The number of rotatable bonds is 2. The van der Waals surface area contributed by atoms with Crippen LogP contribution in [-0.4, -0.2) is 59.7 Å². The Hall–Kier alpha value is -1.92. The third-order valence-corrected chi connectivity index (χ3v) is 7.83. The predicted molar refractivity (Wildman–Crippen MR) is 123 cm³/mol. The number of benzene rings is 1. The number of hydrogen-bond donors (Lipinski definition) is 1. The van der Waals surface area contributed by atoms with E-state index in [-0.39, 0.29) is 5.97 Å². The van der Waals surface area contributed by atoms with Gasteiger partial charge in [-0.15, -0.1) is 0 Å². The quantitative estimate of drug-likeness (QED) is 0.438. The van der Waals surface area contributed by atoms with Crippen LogP contribution in [0, 0.1) is 11.8 Å². The average Bonchev–Trinajstić information content (AvgIpc) is 2.78. The maximum Gasteiger partial charge on any atom is 0.339 e. The molecule has 6 heteroatoms. The molecule has 1 aliphatic carbocycles. The second-order valence-electron chi connectivity index (χ2n) is 9.17. The zero-order valence-corrected chi connectivity index (χ0v) is 18.5. The van der Waals surface area contributed by atoms with E-state index in [0.717, 1.165) is 35.7 Å². The molecule has 0 unspecified atom stereocenters. The minimum absolute atomic E-state index is 0.343. The van der Waals surface area contributed by atoms with E-state index in [1.54, 1.807) is 11.6 Å². The highest BCUT2D eigenvalue weighted by Gasteiger charge is 2.46. The molecule has 3 fully saturated rings. The number of nitrogens with zero attached hydrogens (tertiary/aromatic N) is 2. The summed E-state index contributed by atoms with van der Waals surface area (Å²) in [6, 6.07) is 8.59. The molecule has 0 radical (unpaired) electrons. The van der Waals surface area contributed by atoms with E-state index in [2.05, 4.69) is 21.2 Å². The summed E-state index contributed by atoms with van der Waals surface area (Å²) in [7, 11) is 1.41. The minimum atomic E-state index is -0.343. The van der Waals surface area contributed by atoms with Gasteiger partial charge in [-0.05, 0) is 74.8 Å². The lowest BCUT2D eigenvalue weighted by Gasteiger charge is -2.55. The standard InChI is InChI=1S/C24H31N3O2S/c1-29-23(28)19-8-2-3-9-20(19)25-24(30)27-12-6-7-16-13-17-14-18(22(16)27)15-26-11-5-4-10-21(17)26/h2-3,8-9,13,17-18,21-22H,4-7,10-12,14-15H2,1H3,(H,25,30)/t17-,18-,21-,22-/m1/s1. The number of likely N-dealkylation sites (tertiary alicyclic amines) is 1.